The van der Waals surface area contributed by atoms with Crippen molar-refractivity contribution >= 4 is 22.6 Å². The minimum atomic E-state index is -0.344. The molecule has 1 N–H and O–H groups in total. The van der Waals surface area contributed by atoms with E-state index >= 15 is 0 Å². The van der Waals surface area contributed by atoms with Crippen LogP contribution in [0.4, 0.5) is 10.1 Å². The predicted molar refractivity (Wildman–Crippen MR) is 87.0 cm³/mol. The molecule has 0 fully saturated rings. The van der Waals surface area contributed by atoms with Crippen LogP contribution in [-0.4, -0.2) is 20.7 Å². The Balaban J connectivity index is 1.94. The molecule has 5 nitrogen and oxygen atoms in total. The molecule has 0 radical (unpaired) electrons. The summed E-state index contributed by atoms with van der Waals surface area (Å²) in [6.45, 7) is 5.84. The van der Waals surface area contributed by atoms with Gasteiger partial charge in [-0.25, -0.2) is 14.1 Å². The number of nitrogens with one attached hydrogen (secondary N) is 1. The van der Waals surface area contributed by atoms with Crippen molar-refractivity contribution in [3.05, 3.63) is 53.6 Å². The number of pyridine rings is 1. The van der Waals surface area contributed by atoms with E-state index < -0.39 is 0 Å². The molecule has 2 heterocycles. The maximum Gasteiger partial charge on any atom is 0.257 e. The van der Waals surface area contributed by atoms with Gasteiger partial charge < -0.3 is 5.32 Å². The topological polar surface area (TPSA) is 59.8 Å². The molecule has 6 heteroatoms. The van der Waals surface area contributed by atoms with Crippen molar-refractivity contribution in [1.29, 1.82) is 0 Å². The van der Waals surface area contributed by atoms with Crippen molar-refractivity contribution in [2.24, 2.45) is 0 Å². The maximum absolute atomic E-state index is 12.9. The van der Waals surface area contributed by atoms with E-state index in [-0.39, 0.29) is 17.8 Å². The summed E-state index contributed by atoms with van der Waals surface area (Å²) >= 11 is 0. The van der Waals surface area contributed by atoms with Crippen LogP contribution in [-0.2, 0) is 0 Å². The molecular weight excluding hydrogens is 295 g/mol. The molecule has 0 saturated carbocycles. The summed E-state index contributed by atoms with van der Waals surface area (Å²) in [6.07, 6.45) is 1.70. The molecule has 1 aromatic carbocycles. The second kappa shape index (κ2) is 5.79. The monoisotopic (exact) mass is 312 g/mol. The first-order valence-electron chi connectivity index (χ1n) is 7.37. The Morgan fingerprint density at radius 3 is 2.61 bits per heavy atom. The highest BCUT2D eigenvalue weighted by atomic mass is 19.1. The van der Waals surface area contributed by atoms with Crippen LogP contribution in [0.1, 0.15) is 35.9 Å². The van der Waals surface area contributed by atoms with E-state index in [0.717, 1.165) is 11.0 Å². The molecule has 0 unspecified atom stereocenters. The van der Waals surface area contributed by atoms with Gasteiger partial charge in [0.15, 0.2) is 5.65 Å². The van der Waals surface area contributed by atoms with Crippen LogP contribution in [0.3, 0.4) is 0 Å². The van der Waals surface area contributed by atoms with E-state index in [1.54, 1.807) is 19.2 Å². The molecule has 0 atom stereocenters. The Bertz CT molecular complexity index is 868. The average Bonchev–Trinajstić information content (AvgIpc) is 2.91. The quantitative estimate of drug-likeness (QED) is 0.802. The molecule has 0 saturated heterocycles. The Labute approximate surface area is 133 Å². The lowest BCUT2D eigenvalue weighted by Gasteiger charge is -2.10. The van der Waals surface area contributed by atoms with Gasteiger partial charge in [-0.1, -0.05) is 0 Å². The lowest BCUT2D eigenvalue weighted by molar-refractivity contribution is 0.102. The minimum absolute atomic E-state index is 0.193. The summed E-state index contributed by atoms with van der Waals surface area (Å²) in [7, 11) is 0. The first-order valence-corrected chi connectivity index (χ1v) is 7.37. The number of halogens is 1. The van der Waals surface area contributed by atoms with Crippen molar-refractivity contribution in [3.63, 3.8) is 0 Å². The van der Waals surface area contributed by atoms with Crippen LogP contribution in [0.2, 0.25) is 0 Å². The van der Waals surface area contributed by atoms with Gasteiger partial charge in [0.25, 0.3) is 5.91 Å². The van der Waals surface area contributed by atoms with Gasteiger partial charge in [-0.3, -0.25) is 4.79 Å². The van der Waals surface area contributed by atoms with Crippen molar-refractivity contribution in [2.45, 2.75) is 26.8 Å². The Hall–Kier alpha value is -2.76. The Morgan fingerprint density at radius 2 is 1.96 bits per heavy atom. The molecule has 0 aliphatic heterocycles. The second-order valence-corrected chi connectivity index (χ2v) is 5.68. The fourth-order valence-electron chi connectivity index (χ4n) is 2.41. The third kappa shape index (κ3) is 2.92. The summed E-state index contributed by atoms with van der Waals surface area (Å²) < 4.78 is 14.7. The van der Waals surface area contributed by atoms with Crippen LogP contribution in [0, 0.1) is 12.7 Å². The third-order valence-corrected chi connectivity index (χ3v) is 3.60. The predicted octanol–water partition coefficient (Wildman–Crippen LogP) is 3.71. The maximum atomic E-state index is 12.9. The molecule has 0 bridgehead atoms. The van der Waals surface area contributed by atoms with Gasteiger partial charge >= 0.3 is 0 Å². The third-order valence-electron chi connectivity index (χ3n) is 3.60. The zero-order chi connectivity index (χ0) is 16.6. The van der Waals surface area contributed by atoms with E-state index in [1.165, 1.54) is 24.3 Å². The van der Waals surface area contributed by atoms with E-state index in [4.69, 9.17) is 0 Å². The van der Waals surface area contributed by atoms with Gasteiger partial charge in [-0.2, -0.15) is 5.10 Å². The molecule has 0 aliphatic rings. The van der Waals surface area contributed by atoms with Gasteiger partial charge in [-0.05, 0) is 51.1 Å². The summed E-state index contributed by atoms with van der Waals surface area (Å²) in [4.78, 5) is 16.9. The van der Waals surface area contributed by atoms with Crippen LogP contribution >= 0.6 is 0 Å². The fourth-order valence-corrected chi connectivity index (χ4v) is 2.41. The zero-order valence-corrected chi connectivity index (χ0v) is 13.2. The van der Waals surface area contributed by atoms with Gasteiger partial charge in [-0.15, -0.1) is 0 Å². The minimum Gasteiger partial charge on any atom is -0.322 e. The standard InChI is InChI=1S/C17H17FN4O/c1-10(2)22-16-12(9-19-22)8-15(11(3)20-16)17(23)21-14-6-4-13(18)5-7-14/h4-10H,1-3H3,(H,21,23). The highest BCUT2D eigenvalue weighted by Crippen LogP contribution is 2.20. The number of rotatable bonds is 3. The number of anilines is 1. The molecule has 118 valence electrons. The summed E-state index contributed by atoms with van der Waals surface area (Å²) in [6, 6.07) is 7.62. The largest absolute Gasteiger partial charge is 0.322 e. The number of aromatic nitrogens is 3. The molecular formula is C17H17FN4O. The number of hydrogen-bond acceptors (Lipinski definition) is 3. The molecule has 1 amide bonds. The molecule has 3 rings (SSSR count). The molecule has 3 aromatic rings. The highest BCUT2D eigenvalue weighted by molar-refractivity contribution is 6.06. The molecule has 2 aromatic heterocycles. The highest BCUT2D eigenvalue weighted by Gasteiger charge is 2.15. The summed E-state index contributed by atoms with van der Waals surface area (Å²) in [5, 5.41) is 7.87. The van der Waals surface area contributed by atoms with Gasteiger partial charge in [0.2, 0.25) is 0 Å². The van der Waals surface area contributed by atoms with E-state index in [1.807, 2.05) is 18.5 Å². The zero-order valence-electron chi connectivity index (χ0n) is 13.2. The van der Waals surface area contributed by atoms with E-state index in [9.17, 15) is 9.18 Å². The molecule has 0 spiro atoms. The fraction of sp³-hybridized carbons (Fsp3) is 0.235. The van der Waals surface area contributed by atoms with Crippen molar-refractivity contribution < 1.29 is 9.18 Å². The van der Waals surface area contributed by atoms with Gasteiger partial charge in [0.1, 0.15) is 5.82 Å². The van der Waals surface area contributed by atoms with Crippen LogP contribution in [0.15, 0.2) is 36.5 Å². The lowest BCUT2D eigenvalue weighted by Crippen LogP contribution is -2.14. The number of aryl methyl sites for hydroxylation is 1. The smallest absolute Gasteiger partial charge is 0.257 e. The normalized spacial score (nSPS) is 11.2. The van der Waals surface area contributed by atoms with Crippen molar-refractivity contribution in [2.75, 3.05) is 5.32 Å². The van der Waals surface area contributed by atoms with Crippen molar-refractivity contribution in [3.8, 4) is 0 Å². The molecule has 23 heavy (non-hydrogen) atoms. The number of carbonyl (C=O) groups excluding carboxylic acids is 1. The second-order valence-electron chi connectivity index (χ2n) is 5.68. The number of amides is 1. The average molecular weight is 312 g/mol. The number of carbonyl (C=O) groups is 1. The van der Waals surface area contributed by atoms with Crippen LogP contribution in [0.5, 0.6) is 0 Å². The summed E-state index contributed by atoms with van der Waals surface area (Å²) in [5.41, 5.74) is 2.40. The van der Waals surface area contributed by atoms with Crippen LogP contribution in [0.25, 0.3) is 11.0 Å². The first kappa shape index (κ1) is 15.1. The molecule has 0 aliphatic carbocycles. The Kier molecular flexibility index (Phi) is 3.82. The van der Waals surface area contributed by atoms with Gasteiger partial charge in [0, 0.05) is 17.1 Å². The number of nitrogens with zero attached hydrogens (tertiary/aromatic N) is 3. The van der Waals surface area contributed by atoms with Gasteiger partial charge in [0.05, 0.1) is 17.5 Å². The SMILES string of the molecule is Cc1nc2c(cnn2C(C)C)cc1C(=O)Nc1ccc(F)cc1. The summed E-state index contributed by atoms with van der Waals surface area (Å²) in [5.74, 6) is -0.621. The van der Waals surface area contributed by atoms with E-state index in [0.29, 0.717) is 16.9 Å². The van der Waals surface area contributed by atoms with Crippen molar-refractivity contribution in [1.82, 2.24) is 14.8 Å². The van der Waals surface area contributed by atoms with Crippen LogP contribution < -0.4 is 5.32 Å². The lowest BCUT2D eigenvalue weighted by atomic mass is 10.1. The number of fused-ring (bicyclic) bond motifs is 1. The number of hydrogen-bond donors (Lipinski definition) is 1. The first-order chi connectivity index (χ1) is 11.0. The Morgan fingerprint density at radius 1 is 1.26 bits per heavy atom. The van der Waals surface area contributed by atoms with E-state index in [2.05, 4.69) is 15.4 Å². The number of benzene rings is 1.